The van der Waals surface area contributed by atoms with Crippen molar-refractivity contribution in [1.29, 1.82) is 0 Å². The van der Waals surface area contributed by atoms with E-state index < -0.39 is 9.84 Å². The van der Waals surface area contributed by atoms with Crippen molar-refractivity contribution in [2.24, 2.45) is 5.73 Å². The van der Waals surface area contributed by atoms with Gasteiger partial charge in [-0.15, -0.1) is 0 Å². The summed E-state index contributed by atoms with van der Waals surface area (Å²) >= 11 is 0. The molecule has 0 aliphatic carbocycles. The summed E-state index contributed by atoms with van der Waals surface area (Å²) in [6.45, 7) is 2.67. The normalized spacial score (nSPS) is 22.5. The Hall–Kier alpha value is -0.880. The molecule has 0 bridgehead atoms. The van der Waals surface area contributed by atoms with Gasteiger partial charge in [0.25, 0.3) is 0 Å². The lowest BCUT2D eigenvalue weighted by molar-refractivity contribution is 0.398. The number of nitrogens with two attached hydrogens (primary N) is 1. The maximum Gasteiger partial charge on any atom is 0.150 e. The molecule has 1 aromatic rings. The highest BCUT2D eigenvalue weighted by Crippen LogP contribution is 2.34. The van der Waals surface area contributed by atoms with Crippen molar-refractivity contribution in [3.8, 4) is 0 Å². The number of hydrogen-bond acceptors (Lipinski definition) is 4. The number of H-pyrrole nitrogens is 1. The van der Waals surface area contributed by atoms with Gasteiger partial charge in [0.1, 0.15) is 15.7 Å². The van der Waals surface area contributed by atoms with E-state index in [1.807, 2.05) is 0 Å². The Labute approximate surface area is 102 Å². The zero-order chi connectivity index (χ0) is 12.5. The van der Waals surface area contributed by atoms with E-state index in [4.69, 9.17) is 5.73 Å². The fraction of sp³-hybridized carbons (Fsp3) is 0.727. The number of imidazole rings is 1. The molecule has 96 valence electrons. The highest BCUT2D eigenvalue weighted by Gasteiger charge is 2.36. The van der Waals surface area contributed by atoms with Gasteiger partial charge in [-0.1, -0.05) is 6.92 Å². The topological polar surface area (TPSA) is 88.8 Å². The van der Waals surface area contributed by atoms with Gasteiger partial charge in [-0.2, -0.15) is 0 Å². The average molecular weight is 257 g/mol. The monoisotopic (exact) mass is 257 g/mol. The van der Waals surface area contributed by atoms with Gasteiger partial charge in [-0.3, -0.25) is 0 Å². The summed E-state index contributed by atoms with van der Waals surface area (Å²) in [5.74, 6) is 1.42. The van der Waals surface area contributed by atoms with Crippen molar-refractivity contribution in [3.63, 3.8) is 0 Å². The maximum atomic E-state index is 11.4. The highest BCUT2D eigenvalue weighted by molar-refractivity contribution is 7.91. The third-order valence-corrected chi connectivity index (χ3v) is 5.20. The SMILES string of the molecule is CC1(c2ncc(CCN)[nH]2)CCS(=O)(=O)CC1. The Balaban J connectivity index is 2.15. The number of aromatic nitrogens is 2. The Bertz CT molecular complexity index is 479. The molecular formula is C11H19N3O2S. The van der Waals surface area contributed by atoms with Gasteiger partial charge in [-0.05, 0) is 19.4 Å². The number of nitrogens with zero attached hydrogens (tertiary/aromatic N) is 1. The number of nitrogens with one attached hydrogen (secondary N) is 1. The highest BCUT2D eigenvalue weighted by atomic mass is 32.2. The van der Waals surface area contributed by atoms with Gasteiger partial charge in [0, 0.05) is 23.7 Å². The Morgan fingerprint density at radius 3 is 2.71 bits per heavy atom. The molecule has 0 spiro atoms. The van der Waals surface area contributed by atoms with Crippen molar-refractivity contribution in [1.82, 2.24) is 9.97 Å². The molecule has 1 aromatic heterocycles. The van der Waals surface area contributed by atoms with Crippen LogP contribution in [0.25, 0.3) is 0 Å². The van der Waals surface area contributed by atoms with E-state index in [1.54, 1.807) is 6.20 Å². The van der Waals surface area contributed by atoms with Gasteiger partial charge in [0.2, 0.25) is 0 Å². The summed E-state index contributed by atoms with van der Waals surface area (Å²) in [7, 11) is -2.83. The lowest BCUT2D eigenvalue weighted by Gasteiger charge is -2.31. The Morgan fingerprint density at radius 2 is 2.12 bits per heavy atom. The van der Waals surface area contributed by atoms with Gasteiger partial charge in [-0.25, -0.2) is 13.4 Å². The lowest BCUT2D eigenvalue weighted by atomic mass is 9.83. The van der Waals surface area contributed by atoms with E-state index in [2.05, 4.69) is 16.9 Å². The van der Waals surface area contributed by atoms with Crippen LogP contribution in [0.1, 0.15) is 31.3 Å². The van der Waals surface area contributed by atoms with Crippen LogP contribution in [-0.4, -0.2) is 36.4 Å². The standard InChI is InChI=1S/C11H19N3O2S/c1-11(3-6-17(15,16)7-4-11)10-13-8-9(14-10)2-5-12/h8H,2-7,12H2,1H3,(H,13,14). The van der Waals surface area contributed by atoms with Crippen LogP contribution in [0.2, 0.25) is 0 Å². The first-order valence-corrected chi connectivity index (χ1v) is 7.72. The summed E-state index contributed by atoms with van der Waals surface area (Å²) in [4.78, 5) is 7.64. The van der Waals surface area contributed by atoms with E-state index >= 15 is 0 Å². The summed E-state index contributed by atoms with van der Waals surface area (Å²) in [5, 5.41) is 0. The van der Waals surface area contributed by atoms with E-state index in [1.165, 1.54) is 0 Å². The molecule has 1 aliphatic rings. The molecule has 17 heavy (non-hydrogen) atoms. The first kappa shape index (κ1) is 12.6. The van der Waals surface area contributed by atoms with Gasteiger partial charge < -0.3 is 10.7 Å². The molecule has 3 N–H and O–H groups in total. The van der Waals surface area contributed by atoms with Crippen LogP contribution in [0.15, 0.2) is 6.20 Å². The van der Waals surface area contributed by atoms with Crippen LogP contribution in [0, 0.1) is 0 Å². The molecule has 1 saturated heterocycles. The maximum absolute atomic E-state index is 11.4. The van der Waals surface area contributed by atoms with Crippen molar-refractivity contribution in [2.75, 3.05) is 18.1 Å². The lowest BCUT2D eigenvalue weighted by Crippen LogP contribution is -2.35. The molecule has 6 heteroatoms. The second-order valence-corrected chi connectivity index (χ2v) is 7.31. The molecule has 1 aliphatic heterocycles. The minimum atomic E-state index is -2.83. The van der Waals surface area contributed by atoms with E-state index in [0.717, 1.165) is 17.9 Å². The molecule has 2 rings (SSSR count). The van der Waals surface area contributed by atoms with Crippen molar-refractivity contribution >= 4 is 9.84 Å². The van der Waals surface area contributed by atoms with E-state index in [0.29, 0.717) is 19.4 Å². The second-order valence-electron chi connectivity index (χ2n) is 5.01. The van der Waals surface area contributed by atoms with Crippen LogP contribution >= 0.6 is 0 Å². The van der Waals surface area contributed by atoms with Crippen molar-refractivity contribution in [2.45, 2.75) is 31.6 Å². The molecular weight excluding hydrogens is 238 g/mol. The quantitative estimate of drug-likeness (QED) is 0.819. The molecule has 0 atom stereocenters. The van der Waals surface area contributed by atoms with Crippen LogP contribution in [-0.2, 0) is 21.7 Å². The molecule has 1 fully saturated rings. The van der Waals surface area contributed by atoms with Gasteiger partial charge in [0.15, 0.2) is 0 Å². The molecule has 0 radical (unpaired) electrons. The largest absolute Gasteiger partial charge is 0.345 e. The number of sulfone groups is 1. The average Bonchev–Trinajstić information content (AvgIpc) is 2.73. The van der Waals surface area contributed by atoms with Crippen molar-refractivity contribution < 1.29 is 8.42 Å². The number of hydrogen-bond donors (Lipinski definition) is 2. The van der Waals surface area contributed by atoms with Crippen LogP contribution in [0.5, 0.6) is 0 Å². The summed E-state index contributed by atoms with van der Waals surface area (Å²) in [6, 6.07) is 0. The summed E-state index contributed by atoms with van der Waals surface area (Å²) < 4.78 is 22.9. The minimum Gasteiger partial charge on any atom is -0.345 e. The smallest absolute Gasteiger partial charge is 0.150 e. The number of rotatable bonds is 3. The third-order valence-electron chi connectivity index (χ3n) is 3.54. The molecule has 0 saturated carbocycles. The Kier molecular flexibility index (Phi) is 3.27. The van der Waals surface area contributed by atoms with Gasteiger partial charge in [0.05, 0.1) is 11.5 Å². The van der Waals surface area contributed by atoms with Crippen molar-refractivity contribution in [3.05, 3.63) is 17.7 Å². The summed E-state index contributed by atoms with van der Waals surface area (Å²) in [6.07, 6.45) is 3.87. The molecule has 0 unspecified atom stereocenters. The first-order chi connectivity index (χ1) is 7.95. The molecule has 2 heterocycles. The molecule has 0 amide bonds. The van der Waals surface area contributed by atoms with Gasteiger partial charge >= 0.3 is 0 Å². The fourth-order valence-electron chi connectivity index (χ4n) is 2.17. The Morgan fingerprint density at radius 1 is 1.47 bits per heavy atom. The minimum absolute atomic E-state index is 0.141. The number of aromatic amines is 1. The third kappa shape index (κ3) is 2.69. The molecule has 5 nitrogen and oxygen atoms in total. The first-order valence-electron chi connectivity index (χ1n) is 5.90. The second kappa shape index (κ2) is 4.42. The fourth-order valence-corrected chi connectivity index (χ4v) is 3.90. The zero-order valence-electron chi connectivity index (χ0n) is 10.1. The zero-order valence-corrected chi connectivity index (χ0v) is 10.9. The van der Waals surface area contributed by atoms with Crippen LogP contribution in [0.4, 0.5) is 0 Å². The predicted molar refractivity (Wildman–Crippen MR) is 66.6 cm³/mol. The summed E-state index contributed by atoms with van der Waals surface area (Å²) in [5.41, 5.74) is 6.37. The van der Waals surface area contributed by atoms with E-state index in [-0.39, 0.29) is 16.9 Å². The predicted octanol–water partition coefficient (Wildman–Crippen LogP) is 0.377. The van der Waals surface area contributed by atoms with Crippen LogP contribution < -0.4 is 5.73 Å². The van der Waals surface area contributed by atoms with Crippen LogP contribution in [0.3, 0.4) is 0 Å². The van der Waals surface area contributed by atoms with E-state index in [9.17, 15) is 8.42 Å². The molecule has 0 aromatic carbocycles.